The Balaban J connectivity index is 1.85. The standard InChI is InChI=1S/C12H22N2O4S/c15-12(16)10-4-6-11(7-5-10)13-19(17,18)14-8-2-1-3-9-14/h10-11,13H,1-9H2,(H,15,16). The van der Waals surface area contributed by atoms with Crippen LogP contribution in [-0.2, 0) is 15.0 Å². The number of aliphatic carboxylic acids is 1. The van der Waals surface area contributed by atoms with Gasteiger partial charge in [-0.2, -0.15) is 17.4 Å². The van der Waals surface area contributed by atoms with Crippen LogP contribution in [0, 0.1) is 5.92 Å². The highest BCUT2D eigenvalue weighted by molar-refractivity contribution is 7.87. The van der Waals surface area contributed by atoms with Gasteiger partial charge in [0, 0.05) is 19.1 Å². The Bertz CT molecular complexity index is 409. The molecule has 7 heteroatoms. The van der Waals surface area contributed by atoms with Crippen molar-refractivity contribution in [1.82, 2.24) is 9.03 Å². The van der Waals surface area contributed by atoms with Crippen molar-refractivity contribution in [3.63, 3.8) is 0 Å². The van der Waals surface area contributed by atoms with Crippen LogP contribution in [0.5, 0.6) is 0 Å². The van der Waals surface area contributed by atoms with Crippen molar-refractivity contribution in [2.45, 2.75) is 51.0 Å². The Labute approximate surface area is 114 Å². The second kappa shape index (κ2) is 6.19. The number of carbonyl (C=O) groups is 1. The van der Waals surface area contributed by atoms with E-state index in [9.17, 15) is 13.2 Å². The number of piperidine rings is 1. The smallest absolute Gasteiger partial charge is 0.306 e. The van der Waals surface area contributed by atoms with Gasteiger partial charge < -0.3 is 5.11 Å². The molecule has 2 fully saturated rings. The van der Waals surface area contributed by atoms with Gasteiger partial charge in [-0.1, -0.05) is 6.42 Å². The number of nitrogens with one attached hydrogen (secondary N) is 1. The van der Waals surface area contributed by atoms with Gasteiger partial charge in [-0.15, -0.1) is 0 Å². The van der Waals surface area contributed by atoms with Crippen molar-refractivity contribution in [3.8, 4) is 0 Å². The summed E-state index contributed by atoms with van der Waals surface area (Å²) in [4.78, 5) is 10.8. The van der Waals surface area contributed by atoms with Crippen molar-refractivity contribution in [2.24, 2.45) is 5.92 Å². The first-order valence-corrected chi connectivity index (χ1v) is 8.43. The fraction of sp³-hybridized carbons (Fsp3) is 0.917. The summed E-state index contributed by atoms with van der Waals surface area (Å²) >= 11 is 0. The minimum atomic E-state index is -3.38. The number of carboxylic acids is 1. The first-order valence-electron chi connectivity index (χ1n) is 6.99. The summed E-state index contributed by atoms with van der Waals surface area (Å²) < 4.78 is 28.6. The lowest BCUT2D eigenvalue weighted by atomic mass is 9.87. The Morgan fingerprint density at radius 2 is 1.63 bits per heavy atom. The Kier molecular flexibility index (Phi) is 4.81. The second-order valence-electron chi connectivity index (χ2n) is 5.47. The van der Waals surface area contributed by atoms with Crippen molar-refractivity contribution < 1.29 is 18.3 Å². The second-order valence-corrected chi connectivity index (χ2v) is 7.17. The first-order chi connectivity index (χ1) is 8.99. The van der Waals surface area contributed by atoms with Crippen LogP contribution in [0.2, 0.25) is 0 Å². The lowest BCUT2D eigenvalue weighted by Gasteiger charge is -2.31. The molecule has 1 aliphatic heterocycles. The maximum atomic E-state index is 12.2. The van der Waals surface area contributed by atoms with E-state index in [1.807, 2.05) is 0 Å². The van der Waals surface area contributed by atoms with E-state index >= 15 is 0 Å². The molecule has 19 heavy (non-hydrogen) atoms. The van der Waals surface area contributed by atoms with Crippen LogP contribution in [0.3, 0.4) is 0 Å². The number of hydrogen-bond donors (Lipinski definition) is 2. The van der Waals surface area contributed by atoms with E-state index < -0.39 is 16.2 Å². The fourth-order valence-electron chi connectivity index (χ4n) is 2.85. The number of rotatable bonds is 4. The Morgan fingerprint density at radius 3 is 2.16 bits per heavy atom. The largest absolute Gasteiger partial charge is 0.481 e. The molecule has 0 unspecified atom stereocenters. The zero-order chi connectivity index (χ0) is 13.9. The van der Waals surface area contributed by atoms with Gasteiger partial charge in [-0.3, -0.25) is 4.79 Å². The van der Waals surface area contributed by atoms with E-state index in [-0.39, 0.29) is 12.0 Å². The van der Waals surface area contributed by atoms with Gasteiger partial charge >= 0.3 is 5.97 Å². The van der Waals surface area contributed by atoms with Gasteiger partial charge in [-0.25, -0.2) is 0 Å². The van der Waals surface area contributed by atoms with E-state index in [2.05, 4.69) is 4.72 Å². The van der Waals surface area contributed by atoms with E-state index in [1.54, 1.807) is 0 Å². The highest BCUT2D eigenvalue weighted by atomic mass is 32.2. The maximum absolute atomic E-state index is 12.2. The first kappa shape index (κ1) is 14.7. The van der Waals surface area contributed by atoms with Gasteiger partial charge in [0.15, 0.2) is 0 Å². The Morgan fingerprint density at radius 1 is 1.05 bits per heavy atom. The van der Waals surface area contributed by atoms with Crippen LogP contribution in [0.4, 0.5) is 0 Å². The normalized spacial score (nSPS) is 30.1. The molecule has 1 saturated heterocycles. The van der Waals surface area contributed by atoms with Gasteiger partial charge in [0.1, 0.15) is 0 Å². The summed E-state index contributed by atoms with van der Waals surface area (Å²) in [5.74, 6) is -1.08. The predicted octanol–water partition coefficient (Wildman–Crippen LogP) is 0.950. The number of carboxylic acid groups (broad SMARTS) is 1. The molecule has 1 aliphatic carbocycles. The topological polar surface area (TPSA) is 86.7 Å². The predicted molar refractivity (Wildman–Crippen MR) is 70.9 cm³/mol. The molecule has 0 aromatic heterocycles. The van der Waals surface area contributed by atoms with Gasteiger partial charge in [-0.05, 0) is 38.5 Å². The number of nitrogens with zero attached hydrogens (tertiary/aromatic N) is 1. The summed E-state index contributed by atoms with van der Waals surface area (Å²) in [5, 5.41) is 8.91. The van der Waals surface area contributed by atoms with Crippen molar-refractivity contribution in [1.29, 1.82) is 0 Å². The SMILES string of the molecule is O=C(O)C1CCC(NS(=O)(=O)N2CCCCC2)CC1. The molecule has 0 atom stereocenters. The zero-order valence-corrected chi connectivity index (χ0v) is 11.9. The third-order valence-corrected chi connectivity index (χ3v) is 5.72. The molecule has 2 N–H and O–H groups in total. The molecule has 0 spiro atoms. The lowest BCUT2D eigenvalue weighted by Crippen LogP contribution is -2.48. The minimum absolute atomic E-state index is 0.109. The summed E-state index contributed by atoms with van der Waals surface area (Å²) in [6.45, 7) is 1.19. The number of hydrogen-bond acceptors (Lipinski definition) is 3. The van der Waals surface area contributed by atoms with Crippen LogP contribution in [0.1, 0.15) is 44.9 Å². The van der Waals surface area contributed by atoms with E-state index in [4.69, 9.17) is 5.11 Å². The van der Waals surface area contributed by atoms with E-state index in [0.29, 0.717) is 38.8 Å². The van der Waals surface area contributed by atoms with Gasteiger partial charge in [0.25, 0.3) is 10.2 Å². The third kappa shape index (κ3) is 3.90. The molecular weight excluding hydrogens is 268 g/mol. The van der Waals surface area contributed by atoms with Crippen molar-refractivity contribution >= 4 is 16.2 Å². The molecule has 1 heterocycles. The summed E-state index contributed by atoms with van der Waals surface area (Å²) in [6, 6.07) is -0.109. The zero-order valence-electron chi connectivity index (χ0n) is 11.0. The van der Waals surface area contributed by atoms with Crippen LogP contribution in [0.25, 0.3) is 0 Å². The molecular formula is C12H22N2O4S. The summed E-state index contributed by atoms with van der Waals surface area (Å²) in [7, 11) is -3.38. The summed E-state index contributed by atoms with van der Waals surface area (Å²) in [6.07, 6.45) is 5.29. The highest BCUT2D eigenvalue weighted by Gasteiger charge is 2.31. The van der Waals surface area contributed by atoms with Gasteiger partial charge in [0.05, 0.1) is 5.92 Å². The third-order valence-electron chi connectivity index (χ3n) is 4.05. The molecule has 2 aliphatic rings. The molecule has 2 rings (SSSR count). The molecule has 0 amide bonds. The molecule has 0 bridgehead atoms. The molecule has 0 radical (unpaired) electrons. The van der Waals surface area contributed by atoms with E-state index in [1.165, 1.54) is 4.31 Å². The van der Waals surface area contributed by atoms with Crippen LogP contribution in [0.15, 0.2) is 0 Å². The maximum Gasteiger partial charge on any atom is 0.306 e. The molecule has 1 saturated carbocycles. The molecule has 0 aromatic rings. The fourth-order valence-corrected chi connectivity index (χ4v) is 4.39. The quantitative estimate of drug-likeness (QED) is 0.807. The molecule has 0 aromatic carbocycles. The molecule has 110 valence electrons. The summed E-state index contributed by atoms with van der Waals surface area (Å²) in [5.41, 5.74) is 0. The average molecular weight is 290 g/mol. The van der Waals surface area contributed by atoms with Gasteiger partial charge in [0.2, 0.25) is 0 Å². The average Bonchev–Trinajstić information content (AvgIpc) is 2.40. The highest BCUT2D eigenvalue weighted by Crippen LogP contribution is 2.25. The Hall–Kier alpha value is -0.660. The van der Waals surface area contributed by atoms with Crippen LogP contribution in [-0.4, -0.2) is 42.9 Å². The lowest BCUT2D eigenvalue weighted by molar-refractivity contribution is -0.142. The van der Waals surface area contributed by atoms with Crippen LogP contribution < -0.4 is 4.72 Å². The van der Waals surface area contributed by atoms with Crippen molar-refractivity contribution in [2.75, 3.05) is 13.1 Å². The van der Waals surface area contributed by atoms with E-state index in [0.717, 1.165) is 19.3 Å². The monoisotopic (exact) mass is 290 g/mol. The minimum Gasteiger partial charge on any atom is -0.481 e. The van der Waals surface area contributed by atoms with Crippen LogP contribution >= 0.6 is 0 Å². The molecule has 6 nitrogen and oxygen atoms in total. The van der Waals surface area contributed by atoms with Crippen molar-refractivity contribution in [3.05, 3.63) is 0 Å².